The number of rotatable bonds is 2. The molecule has 0 spiro atoms. The zero-order valence-electron chi connectivity index (χ0n) is 15.9. The van der Waals surface area contributed by atoms with Gasteiger partial charge in [0, 0.05) is 20.1 Å². The van der Waals surface area contributed by atoms with Crippen LogP contribution in [0.4, 0.5) is 8.78 Å². The van der Waals surface area contributed by atoms with E-state index in [1.165, 1.54) is 42.5 Å². The Morgan fingerprint density at radius 2 is 1.66 bits per heavy atom. The van der Waals surface area contributed by atoms with Gasteiger partial charge in [-0.2, -0.15) is 10.5 Å². The molecule has 2 heterocycles. The molecule has 1 aliphatic rings. The summed E-state index contributed by atoms with van der Waals surface area (Å²) in [6.45, 7) is 0. The highest BCUT2D eigenvalue weighted by atomic mass is 79.9. The monoisotopic (exact) mass is 574 g/mol. The van der Waals surface area contributed by atoms with E-state index in [0.717, 1.165) is 15.9 Å². The minimum Gasteiger partial charge on any atom is -0.384 e. The quantitative estimate of drug-likeness (QED) is 0.504. The molecule has 0 fully saturated rings. The van der Waals surface area contributed by atoms with E-state index < -0.39 is 23.1 Å². The first-order valence-electron chi connectivity index (χ1n) is 8.94. The number of fused-ring (bicyclic) bond motifs is 1. The zero-order valence-corrected chi connectivity index (χ0v) is 19.9. The smallest absolute Gasteiger partial charge is 0.274 e. The lowest BCUT2D eigenvalue weighted by Crippen LogP contribution is -2.38. The van der Waals surface area contributed by atoms with E-state index in [9.17, 15) is 24.1 Å². The first-order valence-corrected chi connectivity index (χ1v) is 11.3. The molecule has 1 aliphatic heterocycles. The Morgan fingerprint density at radius 1 is 1.03 bits per heavy atom. The van der Waals surface area contributed by atoms with E-state index in [-0.39, 0.29) is 37.3 Å². The molecule has 0 bridgehead atoms. The molecule has 158 valence electrons. The molecule has 1 aromatic heterocycles. The lowest BCUT2D eigenvalue weighted by molar-refractivity contribution is 0.608. The summed E-state index contributed by atoms with van der Waals surface area (Å²) in [6, 6.07) is 12.4. The molecule has 0 unspecified atom stereocenters. The highest BCUT2D eigenvalue weighted by molar-refractivity contribution is 9.10. The van der Waals surface area contributed by atoms with Gasteiger partial charge < -0.3 is 5.73 Å². The molecule has 1 atom stereocenters. The lowest BCUT2D eigenvalue weighted by atomic mass is 9.84. The second kappa shape index (κ2) is 8.47. The summed E-state index contributed by atoms with van der Waals surface area (Å²) in [4.78, 5) is 13.1. The van der Waals surface area contributed by atoms with Crippen LogP contribution in [0.2, 0.25) is 0 Å². The zero-order chi connectivity index (χ0) is 23.2. The highest BCUT2D eigenvalue weighted by Crippen LogP contribution is 2.37. The van der Waals surface area contributed by atoms with E-state index in [2.05, 4.69) is 31.9 Å². The van der Waals surface area contributed by atoms with Crippen molar-refractivity contribution in [3.8, 4) is 12.1 Å². The maximum absolute atomic E-state index is 14.7. The summed E-state index contributed by atoms with van der Waals surface area (Å²) in [5.74, 6) is -2.44. The number of allylic oxidation sites excluding steroid dienone is 1. The van der Waals surface area contributed by atoms with Crippen LogP contribution in [0.3, 0.4) is 0 Å². The van der Waals surface area contributed by atoms with Crippen molar-refractivity contribution in [1.82, 2.24) is 4.57 Å². The van der Waals surface area contributed by atoms with Gasteiger partial charge in [0.25, 0.3) is 5.56 Å². The fourth-order valence-electron chi connectivity index (χ4n) is 3.46. The van der Waals surface area contributed by atoms with Gasteiger partial charge in [-0.25, -0.2) is 8.78 Å². The minimum atomic E-state index is -1.09. The van der Waals surface area contributed by atoms with Crippen LogP contribution in [-0.2, 0) is 0 Å². The maximum atomic E-state index is 14.7. The molecule has 2 N–H and O–H groups in total. The number of aromatic nitrogens is 1. The largest absolute Gasteiger partial charge is 0.384 e. The lowest BCUT2D eigenvalue weighted by Gasteiger charge is -2.22. The number of nitriles is 2. The van der Waals surface area contributed by atoms with Crippen molar-refractivity contribution >= 4 is 60.7 Å². The predicted molar refractivity (Wildman–Crippen MR) is 124 cm³/mol. The van der Waals surface area contributed by atoms with Gasteiger partial charge in [0.05, 0.1) is 33.7 Å². The van der Waals surface area contributed by atoms with Gasteiger partial charge in [-0.3, -0.25) is 9.36 Å². The molecule has 2 aromatic carbocycles. The van der Waals surface area contributed by atoms with E-state index in [1.807, 2.05) is 12.1 Å². The number of hydrogen-bond donors (Lipinski definition) is 1. The molecule has 0 amide bonds. The van der Waals surface area contributed by atoms with E-state index in [1.54, 1.807) is 0 Å². The van der Waals surface area contributed by atoms with Crippen LogP contribution < -0.4 is 20.5 Å². The summed E-state index contributed by atoms with van der Waals surface area (Å²) in [6.07, 6.45) is 1.35. The van der Waals surface area contributed by atoms with Crippen LogP contribution in [0.1, 0.15) is 17.0 Å². The van der Waals surface area contributed by atoms with Gasteiger partial charge in [-0.05, 0) is 42.5 Å². The maximum Gasteiger partial charge on any atom is 0.274 e. The third kappa shape index (κ3) is 3.61. The van der Waals surface area contributed by atoms with Crippen LogP contribution in [0, 0.1) is 34.3 Å². The van der Waals surface area contributed by atoms with Crippen molar-refractivity contribution in [2.24, 2.45) is 5.73 Å². The number of benzene rings is 2. The third-order valence-corrected chi connectivity index (χ3v) is 7.00. The fourth-order valence-corrected chi connectivity index (χ4v) is 5.34. The molecular weight excluding hydrogens is 566 g/mol. The van der Waals surface area contributed by atoms with Crippen molar-refractivity contribution in [3.63, 3.8) is 0 Å². The second-order valence-electron chi connectivity index (χ2n) is 6.76. The Bertz CT molecular complexity index is 1590. The van der Waals surface area contributed by atoms with Gasteiger partial charge in [0.2, 0.25) is 0 Å². The Balaban J connectivity index is 2.10. The normalized spacial score (nSPS) is 16.0. The molecule has 5 nitrogen and oxygen atoms in total. The van der Waals surface area contributed by atoms with E-state index in [0.29, 0.717) is 8.95 Å². The molecule has 0 aliphatic carbocycles. The van der Waals surface area contributed by atoms with E-state index in [4.69, 9.17) is 5.73 Å². The Kier molecular flexibility index (Phi) is 5.87. The Labute approximate surface area is 200 Å². The van der Waals surface area contributed by atoms with Gasteiger partial charge in [0.1, 0.15) is 22.1 Å². The average molecular weight is 576 g/mol. The molecule has 32 heavy (non-hydrogen) atoms. The molecule has 0 saturated carbocycles. The number of thiazole rings is 1. The van der Waals surface area contributed by atoms with Crippen LogP contribution in [0.25, 0.3) is 17.5 Å². The number of nitrogens with zero attached hydrogens (tertiary/aromatic N) is 3. The van der Waals surface area contributed by atoms with Gasteiger partial charge in [-0.15, -0.1) is 11.3 Å². The summed E-state index contributed by atoms with van der Waals surface area (Å²) in [5.41, 5.74) is 5.69. The summed E-state index contributed by atoms with van der Waals surface area (Å²) >= 11 is 7.46. The first-order chi connectivity index (χ1) is 15.3. The molecular formula is C22H10Br2F2N4OS. The van der Waals surface area contributed by atoms with Crippen molar-refractivity contribution in [2.75, 3.05) is 0 Å². The van der Waals surface area contributed by atoms with Crippen LogP contribution in [0.5, 0.6) is 0 Å². The highest BCUT2D eigenvalue weighted by Gasteiger charge is 2.33. The minimum absolute atomic E-state index is 0.00390. The molecule has 0 radical (unpaired) electrons. The molecule has 0 saturated heterocycles. The van der Waals surface area contributed by atoms with Crippen LogP contribution in [0.15, 0.2) is 55.7 Å². The molecule has 4 rings (SSSR count). The van der Waals surface area contributed by atoms with Gasteiger partial charge in [-0.1, -0.05) is 31.9 Å². The summed E-state index contributed by atoms with van der Waals surface area (Å²) < 4.78 is 31.4. The number of hydrogen-bond acceptors (Lipinski definition) is 5. The molecule has 10 heteroatoms. The van der Waals surface area contributed by atoms with Crippen molar-refractivity contribution in [1.29, 1.82) is 10.5 Å². The first kappa shape index (κ1) is 22.2. The van der Waals surface area contributed by atoms with Crippen LogP contribution >= 0.6 is 43.2 Å². The van der Waals surface area contributed by atoms with Gasteiger partial charge in [0.15, 0.2) is 0 Å². The van der Waals surface area contributed by atoms with Crippen molar-refractivity contribution in [2.45, 2.75) is 5.92 Å². The van der Waals surface area contributed by atoms with Crippen LogP contribution in [-0.4, -0.2) is 4.57 Å². The summed E-state index contributed by atoms with van der Waals surface area (Å²) in [7, 11) is 0. The topological polar surface area (TPSA) is 95.6 Å². The SMILES string of the molecule is N#CC1=C(N)n2c(sc(=Cc3cc(Br)ccc3F)c2=O)=C(C#N)[C@@H]1c1cc(Br)ccc1F. The Hall–Kier alpha value is -3.05. The molecule has 3 aromatic rings. The fraction of sp³-hybridized carbons (Fsp3) is 0.0455. The second-order valence-corrected chi connectivity index (χ2v) is 9.62. The summed E-state index contributed by atoms with van der Waals surface area (Å²) in [5, 5.41) is 19.7. The van der Waals surface area contributed by atoms with E-state index >= 15 is 0 Å². The van der Waals surface area contributed by atoms with Gasteiger partial charge >= 0.3 is 0 Å². The average Bonchev–Trinajstić information content (AvgIpc) is 3.08. The van der Waals surface area contributed by atoms with Crippen molar-refractivity contribution < 1.29 is 8.78 Å². The van der Waals surface area contributed by atoms with Crippen molar-refractivity contribution in [3.05, 3.63) is 93.2 Å². The third-order valence-electron chi connectivity index (χ3n) is 4.90. The number of nitrogens with two attached hydrogens (primary N) is 1. The predicted octanol–water partition coefficient (Wildman–Crippen LogP) is 3.66. The Morgan fingerprint density at radius 3 is 2.31 bits per heavy atom. The number of halogens is 4. The standard InChI is InChI=1S/C22H10Br2F2N4OS/c23-11-1-3-16(25)10(5-11)6-18-21(31)30-20(29)14(8-27)19(15(9-28)22(30)32-18)13-7-12(24)2-4-17(13)26/h1-7,19H,29H2/t19-/m1/s1.